The Morgan fingerprint density at radius 2 is 1.76 bits per heavy atom. The molecule has 1 aliphatic heterocycles. The van der Waals surface area contributed by atoms with Crippen LogP contribution in [0.4, 0.5) is 0 Å². The van der Waals surface area contributed by atoms with E-state index in [9.17, 15) is 9.90 Å². The fraction of sp³-hybridized carbons (Fsp3) is 0.267. The zero-order valence-electron chi connectivity index (χ0n) is 22.1. The molecule has 3 aromatic rings. The molecular formula is C30H34N6O2. The molecule has 3 N–H and O–H groups in total. The van der Waals surface area contributed by atoms with Gasteiger partial charge in [0, 0.05) is 73.1 Å². The van der Waals surface area contributed by atoms with Crippen molar-refractivity contribution in [1.82, 2.24) is 19.8 Å². The van der Waals surface area contributed by atoms with E-state index in [4.69, 9.17) is 5.73 Å². The predicted octanol–water partition coefficient (Wildman–Crippen LogP) is 4.44. The first kappa shape index (κ1) is 26.8. The van der Waals surface area contributed by atoms with Crippen molar-refractivity contribution in [3.8, 4) is 11.1 Å². The third-order valence-corrected chi connectivity index (χ3v) is 6.53. The van der Waals surface area contributed by atoms with E-state index in [1.165, 1.54) is 6.08 Å². The van der Waals surface area contributed by atoms with Crippen molar-refractivity contribution < 1.29 is 9.90 Å². The van der Waals surface area contributed by atoms with Crippen LogP contribution in [0.1, 0.15) is 41.2 Å². The highest BCUT2D eigenvalue weighted by molar-refractivity contribution is 5.99. The Hall–Kier alpha value is -4.30. The summed E-state index contributed by atoms with van der Waals surface area (Å²) in [7, 11) is 0. The van der Waals surface area contributed by atoms with Gasteiger partial charge in [0.05, 0.1) is 5.70 Å². The predicted molar refractivity (Wildman–Crippen MR) is 152 cm³/mol. The van der Waals surface area contributed by atoms with Gasteiger partial charge >= 0.3 is 0 Å². The smallest absolute Gasteiger partial charge is 0.253 e. The molecule has 38 heavy (non-hydrogen) atoms. The number of nitrogens with zero attached hydrogens (tertiary/aromatic N) is 5. The van der Waals surface area contributed by atoms with Gasteiger partial charge in [-0.1, -0.05) is 24.8 Å². The van der Waals surface area contributed by atoms with Gasteiger partial charge in [-0.25, -0.2) is 9.98 Å². The number of aliphatic hydroxyl groups excluding tert-OH is 1. The van der Waals surface area contributed by atoms with E-state index in [1.807, 2.05) is 54.3 Å². The van der Waals surface area contributed by atoms with Gasteiger partial charge in [0.25, 0.3) is 5.91 Å². The van der Waals surface area contributed by atoms with Crippen LogP contribution in [0.5, 0.6) is 0 Å². The number of hydrogen-bond acceptors (Lipinski definition) is 6. The number of piperazine rings is 1. The second-order valence-electron chi connectivity index (χ2n) is 9.64. The van der Waals surface area contributed by atoms with E-state index >= 15 is 0 Å². The first-order valence-electron chi connectivity index (χ1n) is 12.7. The lowest BCUT2D eigenvalue weighted by Gasteiger charge is -2.37. The van der Waals surface area contributed by atoms with Crippen LogP contribution in [0.25, 0.3) is 16.8 Å². The van der Waals surface area contributed by atoms with Gasteiger partial charge < -0.3 is 15.7 Å². The number of amides is 1. The average molecular weight is 511 g/mol. The van der Waals surface area contributed by atoms with Gasteiger partial charge in [0.2, 0.25) is 0 Å². The van der Waals surface area contributed by atoms with Crippen molar-refractivity contribution >= 4 is 17.4 Å². The maximum Gasteiger partial charge on any atom is 0.253 e. The van der Waals surface area contributed by atoms with Crippen molar-refractivity contribution in [2.45, 2.75) is 26.8 Å². The number of carbonyl (C=O) groups excluding carboxylic acids is 1. The maximum atomic E-state index is 13.0. The molecule has 0 aliphatic carbocycles. The van der Waals surface area contributed by atoms with Gasteiger partial charge in [-0.15, -0.1) is 0 Å². The molecule has 1 fully saturated rings. The van der Waals surface area contributed by atoms with Crippen molar-refractivity contribution in [3.63, 3.8) is 0 Å². The first-order valence-corrected chi connectivity index (χ1v) is 12.7. The van der Waals surface area contributed by atoms with Crippen LogP contribution in [0, 0.1) is 6.92 Å². The van der Waals surface area contributed by atoms with Crippen molar-refractivity contribution in [1.29, 1.82) is 0 Å². The van der Waals surface area contributed by atoms with Crippen molar-refractivity contribution in [2.75, 3.05) is 26.2 Å². The summed E-state index contributed by atoms with van der Waals surface area (Å²) >= 11 is 0. The third-order valence-electron chi connectivity index (χ3n) is 6.53. The zero-order chi connectivity index (χ0) is 27.2. The molecule has 0 spiro atoms. The number of aryl methyl sites for hydroxylation is 1. The molecule has 1 aliphatic rings. The molecule has 0 radical (unpaired) electrons. The van der Waals surface area contributed by atoms with E-state index in [1.54, 1.807) is 18.5 Å². The minimum absolute atomic E-state index is 0.0491. The first-order chi connectivity index (χ1) is 18.2. The molecular weight excluding hydrogens is 476 g/mol. The molecule has 0 atom stereocenters. The average Bonchev–Trinajstić information content (AvgIpc) is 2.92. The standard InChI is InChI=1S/C30H34N6O2/c1-20(2)35-12-14-36(15-13-35)30(38)24-10-8-23(9-11-24)25-17-26(19-32-18-25)28(16-22(4)37)34-29(31)27-7-5-6-21(3)33-27/h5-11,16-20,37H,4,12-15H2,1-3H3,(H2,31,34)/b28-16-. The Bertz CT molecular complexity index is 1370. The van der Waals surface area contributed by atoms with Crippen LogP contribution in [0.3, 0.4) is 0 Å². The number of rotatable bonds is 7. The number of allylic oxidation sites excluding steroid dienone is 1. The molecule has 0 unspecified atom stereocenters. The summed E-state index contributed by atoms with van der Waals surface area (Å²) in [5, 5.41) is 9.87. The van der Waals surface area contributed by atoms with Crippen LogP contribution < -0.4 is 5.73 Å². The summed E-state index contributed by atoms with van der Waals surface area (Å²) in [5.41, 5.74) is 11.0. The molecule has 1 amide bonds. The minimum Gasteiger partial charge on any atom is -0.509 e. The molecule has 2 aromatic heterocycles. The Labute approximate surface area is 223 Å². The molecule has 8 heteroatoms. The summed E-state index contributed by atoms with van der Waals surface area (Å²) in [6, 6.07) is 15.4. The number of aliphatic imine (C=N–C) groups is 1. The quantitative estimate of drug-likeness (QED) is 0.211. The number of benzene rings is 1. The fourth-order valence-electron chi connectivity index (χ4n) is 4.38. The largest absolute Gasteiger partial charge is 0.509 e. The third kappa shape index (κ3) is 6.52. The van der Waals surface area contributed by atoms with E-state index in [0.29, 0.717) is 28.6 Å². The molecule has 196 valence electrons. The topological polar surface area (TPSA) is 108 Å². The second kappa shape index (κ2) is 11.8. The summed E-state index contributed by atoms with van der Waals surface area (Å²) in [5.74, 6) is 0.105. The molecule has 1 saturated heterocycles. The van der Waals surface area contributed by atoms with Crippen molar-refractivity contribution in [2.24, 2.45) is 10.7 Å². The number of aliphatic hydroxyl groups is 1. The van der Waals surface area contributed by atoms with E-state index in [0.717, 1.165) is 43.0 Å². The molecule has 3 heterocycles. The van der Waals surface area contributed by atoms with Gasteiger partial charge in [0.1, 0.15) is 17.3 Å². The van der Waals surface area contributed by atoms with Gasteiger partial charge in [0.15, 0.2) is 0 Å². The lowest BCUT2D eigenvalue weighted by atomic mass is 10.0. The number of pyridine rings is 2. The Morgan fingerprint density at radius 3 is 2.39 bits per heavy atom. The van der Waals surface area contributed by atoms with E-state index < -0.39 is 0 Å². The highest BCUT2D eigenvalue weighted by Gasteiger charge is 2.23. The summed E-state index contributed by atoms with van der Waals surface area (Å²) < 4.78 is 0. The SMILES string of the molecule is C=C(O)/C=C(\N=C(N)c1cccc(C)n1)c1cncc(-c2ccc(C(=O)N3CCN(C(C)C)CC3)cc2)c1. The van der Waals surface area contributed by atoms with E-state index in [-0.39, 0.29) is 17.5 Å². The molecule has 0 bridgehead atoms. The maximum absolute atomic E-state index is 13.0. The number of nitrogens with two attached hydrogens (primary N) is 1. The minimum atomic E-state index is -0.156. The number of carbonyl (C=O) groups is 1. The summed E-state index contributed by atoms with van der Waals surface area (Å²) in [4.78, 5) is 30.6. The Balaban J connectivity index is 1.55. The highest BCUT2D eigenvalue weighted by Crippen LogP contribution is 2.25. The molecule has 4 rings (SSSR count). The summed E-state index contributed by atoms with van der Waals surface area (Å²) in [6.07, 6.45) is 4.82. The fourth-order valence-corrected chi connectivity index (χ4v) is 4.38. The Kier molecular flexibility index (Phi) is 8.33. The lowest BCUT2D eigenvalue weighted by Crippen LogP contribution is -2.50. The molecule has 8 nitrogen and oxygen atoms in total. The van der Waals surface area contributed by atoms with Gasteiger partial charge in [-0.3, -0.25) is 14.7 Å². The monoisotopic (exact) mass is 510 g/mol. The lowest BCUT2D eigenvalue weighted by molar-refractivity contribution is 0.0595. The van der Waals surface area contributed by atoms with Gasteiger partial charge in [-0.2, -0.15) is 0 Å². The Morgan fingerprint density at radius 1 is 1.05 bits per heavy atom. The second-order valence-corrected chi connectivity index (χ2v) is 9.64. The van der Waals surface area contributed by atoms with Crippen molar-refractivity contribution in [3.05, 3.63) is 102 Å². The van der Waals surface area contributed by atoms with Gasteiger partial charge in [-0.05, 0) is 56.7 Å². The van der Waals surface area contributed by atoms with Crippen LogP contribution >= 0.6 is 0 Å². The van der Waals surface area contributed by atoms with Crippen LogP contribution in [0.15, 0.2) is 84.3 Å². The molecule has 1 aromatic carbocycles. The highest BCUT2D eigenvalue weighted by atomic mass is 16.3. The number of amidine groups is 1. The van der Waals surface area contributed by atoms with Crippen LogP contribution in [0.2, 0.25) is 0 Å². The molecule has 0 saturated carbocycles. The number of hydrogen-bond donors (Lipinski definition) is 2. The summed E-state index contributed by atoms with van der Waals surface area (Å²) in [6.45, 7) is 13.1. The normalized spacial score (nSPS) is 15.1. The zero-order valence-corrected chi connectivity index (χ0v) is 22.1. The van der Waals surface area contributed by atoms with E-state index in [2.05, 4.69) is 40.3 Å². The number of aromatic nitrogens is 2. The van der Waals surface area contributed by atoms with Crippen LogP contribution in [-0.2, 0) is 0 Å². The van der Waals surface area contributed by atoms with Crippen LogP contribution in [-0.4, -0.2) is 68.8 Å².